The molecule has 2 saturated heterocycles. The van der Waals surface area contributed by atoms with Crippen LogP contribution >= 0.6 is 0 Å². The summed E-state index contributed by atoms with van der Waals surface area (Å²) in [5, 5.41) is 11.0. The summed E-state index contributed by atoms with van der Waals surface area (Å²) < 4.78 is 13.8. The Morgan fingerprint density at radius 3 is 2.64 bits per heavy atom. The van der Waals surface area contributed by atoms with Gasteiger partial charge >= 0.3 is 0 Å². The Bertz CT molecular complexity index is 1130. The van der Waals surface area contributed by atoms with E-state index in [9.17, 15) is 4.39 Å². The van der Waals surface area contributed by atoms with E-state index in [4.69, 9.17) is 5.41 Å². The van der Waals surface area contributed by atoms with Crippen LogP contribution in [-0.2, 0) is 6.42 Å². The number of hydrogen-bond donors (Lipinski definition) is 2. The molecule has 5 rings (SSSR count). The lowest BCUT2D eigenvalue weighted by molar-refractivity contribution is 0.211. The molecule has 2 aromatic rings. The van der Waals surface area contributed by atoms with E-state index in [1.165, 1.54) is 95.5 Å². The maximum absolute atomic E-state index is 13.8. The number of nitrogens with one attached hydrogen (secondary N) is 2. The smallest absolute Gasteiger partial charge is 0.123 e. The molecule has 1 spiro atoms. The predicted molar refractivity (Wildman–Crippen MR) is 164 cm³/mol. The van der Waals surface area contributed by atoms with Crippen molar-refractivity contribution < 1.29 is 4.39 Å². The lowest BCUT2D eigenvalue weighted by Gasteiger charge is -2.28. The average molecular weight is 531 g/mol. The topological polar surface area (TPSA) is 51.5 Å². The minimum absolute atomic E-state index is 0.260. The molecule has 0 radical (unpaired) electrons. The van der Waals surface area contributed by atoms with Crippen molar-refractivity contribution in [1.29, 1.82) is 5.41 Å². The number of likely N-dealkylation sites (tertiary alicyclic amines) is 1. The van der Waals surface area contributed by atoms with Crippen molar-refractivity contribution in [2.24, 2.45) is 16.3 Å². The van der Waals surface area contributed by atoms with E-state index >= 15 is 0 Å². The Kier molecular flexibility index (Phi) is 10.6. The van der Waals surface area contributed by atoms with Crippen molar-refractivity contribution in [3.8, 4) is 11.1 Å². The Morgan fingerprint density at radius 2 is 1.95 bits per heavy atom. The Balaban J connectivity index is 0.000000192. The third-order valence-corrected chi connectivity index (χ3v) is 8.87. The van der Waals surface area contributed by atoms with Crippen molar-refractivity contribution in [2.45, 2.75) is 71.1 Å². The summed E-state index contributed by atoms with van der Waals surface area (Å²) >= 11 is 0. The van der Waals surface area contributed by atoms with Crippen molar-refractivity contribution >= 4 is 12.9 Å². The highest BCUT2D eigenvalue weighted by Crippen LogP contribution is 2.37. The monoisotopic (exact) mass is 530 g/mol. The summed E-state index contributed by atoms with van der Waals surface area (Å²) in [6, 6.07) is 12.9. The fraction of sp³-hybridized carbons (Fsp3) is 0.529. The summed E-state index contributed by atoms with van der Waals surface area (Å²) in [5.41, 5.74) is 5.46. The van der Waals surface area contributed by atoms with Gasteiger partial charge in [0.2, 0.25) is 0 Å². The van der Waals surface area contributed by atoms with Crippen LogP contribution < -0.4 is 5.32 Å². The molecule has 1 atom stereocenters. The summed E-state index contributed by atoms with van der Waals surface area (Å²) in [6.45, 7) is 14.4. The van der Waals surface area contributed by atoms with Crippen molar-refractivity contribution in [1.82, 2.24) is 10.2 Å². The number of aliphatic imine (C=N–C) groups is 1. The highest BCUT2D eigenvalue weighted by atomic mass is 19.1. The maximum atomic E-state index is 13.8. The summed E-state index contributed by atoms with van der Waals surface area (Å²) in [4.78, 5) is 6.50. The minimum atomic E-state index is -0.260. The van der Waals surface area contributed by atoms with Crippen molar-refractivity contribution in [3.63, 3.8) is 0 Å². The van der Waals surface area contributed by atoms with E-state index in [2.05, 4.69) is 41.8 Å². The predicted octanol–water partition coefficient (Wildman–Crippen LogP) is 7.64. The van der Waals surface area contributed by atoms with Crippen LogP contribution in [0.15, 0.2) is 59.2 Å². The van der Waals surface area contributed by atoms with E-state index in [1.807, 2.05) is 18.2 Å². The molecule has 1 saturated carbocycles. The van der Waals surface area contributed by atoms with Crippen LogP contribution in [0.5, 0.6) is 0 Å². The minimum Gasteiger partial charge on any atom is -0.316 e. The molecule has 0 bridgehead atoms. The highest BCUT2D eigenvalue weighted by molar-refractivity contribution is 5.79. The maximum Gasteiger partial charge on any atom is 0.123 e. The van der Waals surface area contributed by atoms with Gasteiger partial charge in [-0.1, -0.05) is 63.4 Å². The number of rotatable bonds is 8. The van der Waals surface area contributed by atoms with Crippen LogP contribution in [0, 0.1) is 22.6 Å². The number of allylic oxidation sites excluding steroid dienone is 1. The van der Waals surface area contributed by atoms with E-state index in [0.29, 0.717) is 17.8 Å². The van der Waals surface area contributed by atoms with Gasteiger partial charge in [0.15, 0.2) is 0 Å². The largest absolute Gasteiger partial charge is 0.316 e. The van der Waals surface area contributed by atoms with Gasteiger partial charge in [-0.05, 0) is 103 Å². The zero-order valence-electron chi connectivity index (χ0n) is 24.0. The summed E-state index contributed by atoms with van der Waals surface area (Å²) in [6.07, 6.45) is 13.7. The average Bonchev–Trinajstić information content (AvgIpc) is 3.58. The molecule has 1 unspecified atom stereocenters. The summed E-state index contributed by atoms with van der Waals surface area (Å²) in [5.74, 6) is 1.11. The molecular formula is C34H47FN4. The lowest BCUT2D eigenvalue weighted by atomic mass is 9.86. The second-order valence-corrected chi connectivity index (χ2v) is 12.2. The molecule has 5 heteroatoms. The fourth-order valence-electron chi connectivity index (χ4n) is 6.73. The Morgan fingerprint density at radius 1 is 1.15 bits per heavy atom. The lowest BCUT2D eigenvalue weighted by Crippen LogP contribution is -2.32. The van der Waals surface area contributed by atoms with Gasteiger partial charge in [-0.3, -0.25) is 4.99 Å². The van der Waals surface area contributed by atoms with Crippen LogP contribution in [0.25, 0.3) is 11.1 Å². The first kappa shape index (κ1) is 29.4. The Labute approximate surface area is 235 Å². The second kappa shape index (κ2) is 14.1. The first-order chi connectivity index (χ1) is 18.9. The van der Waals surface area contributed by atoms with E-state index in [0.717, 1.165) is 28.2 Å². The molecule has 2 aromatic carbocycles. The van der Waals surface area contributed by atoms with Crippen LogP contribution in [0.1, 0.15) is 75.8 Å². The van der Waals surface area contributed by atoms with Gasteiger partial charge in [-0.15, -0.1) is 0 Å². The van der Waals surface area contributed by atoms with E-state index in [-0.39, 0.29) is 5.82 Å². The van der Waals surface area contributed by atoms with Gasteiger partial charge in [0.25, 0.3) is 0 Å². The van der Waals surface area contributed by atoms with Gasteiger partial charge in [0.05, 0.1) is 0 Å². The normalized spacial score (nSPS) is 22.2. The van der Waals surface area contributed by atoms with E-state index in [1.54, 1.807) is 18.3 Å². The first-order valence-electron chi connectivity index (χ1n) is 14.9. The third-order valence-electron chi connectivity index (χ3n) is 8.87. The number of benzene rings is 2. The first-order valence-corrected chi connectivity index (χ1v) is 14.9. The molecule has 0 aromatic heterocycles. The number of nitrogens with zero attached hydrogens (tertiary/aromatic N) is 2. The second-order valence-electron chi connectivity index (χ2n) is 12.2. The van der Waals surface area contributed by atoms with Gasteiger partial charge < -0.3 is 15.6 Å². The zero-order valence-corrected chi connectivity index (χ0v) is 24.0. The molecule has 3 fully saturated rings. The summed E-state index contributed by atoms with van der Waals surface area (Å²) in [7, 11) is 0. The number of halogens is 1. The molecule has 2 N–H and O–H groups in total. The van der Waals surface area contributed by atoms with Gasteiger partial charge in [-0.25, -0.2) is 4.39 Å². The molecule has 2 heterocycles. The van der Waals surface area contributed by atoms with Crippen molar-refractivity contribution in [2.75, 3.05) is 32.7 Å². The standard InChI is InChI=1S/C20H21FN2.C14H26N2/c1-14(2)18-6-4-5-7-19(18)20-11-17(21)9-8-16(20)10-15(12-22)13-23-3;1-2-4-13(5-3-1)10-16-9-7-14(12-16)6-8-15-11-14/h4-9,11-14,22H,3,10H2,1-2H3;13,15H,1-12H2/b15-13-,22-12?;. The SMILES string of the molecule is C1CCC(CN2CCC3(CCNC3)C2)CC1.C=N/C=C(\C=N)Cc1ccc(F)cc1-c1ccccc1C(C)C. The number of hydrogen-bond acceptors (Lipinski definition) is 4. The quantitative estimate of drug-likeness (QED) is 0.345. The molecule has 3 aliphatic rings. The van der Waals surface area contributed by atoms with Gasteiger partial charge in [0, 0.05) is 38.5 Å². The van der Waals surface area contributed by atoms with Crippen LogP contribution in [0.2, 0.25) is 0 Å². The molecule has 1 aliphatic carbocycles. The molecule has 0 amide bonds. The molecule has 4 nitrogen and oxygen atoms in total. The Hall–Kier alpha value is -2.63. The van der Waals surface area contributed by atoms with Crippen LogP contribution in [-0.4, -0.2) is 50.6 Å². The third kappa shape index (κ3) is 7.95. The zero-order chi connectivity index (χ0) is 27.7. The van der Waals surface area contributed by atoms with Gasteiger partial charge in [-0.2, -0.15) is 0 Å². The van der Waals surface area contributed by atoms with Crippen molar-refractivity contribution in [3.05, 3.63) is 71.2 Å². The molecule has 2 aliphatic heterocycles. The highest BCUT2D eigenvalue weighted by Gasteiger charge is 2.40. The molecular weight excluding hydrogens is 483 g/mol. The van der Waals surface area contributed by atoms with Gasteiger partial charge in [0.1, 0.15) is 5.82 Å². The van der Waals surface area contributed by atoms with Crippen LogP contribution in [0.4, 0.5) is 4.39 Å². The molecule has 210 valence electrons. The van der Waals surface area contributed by atoms with E-state index < -0.39 is 0 Å². The molecule has 39 heavy (non-hydrogen) atoms. The fourth-order valence-corrected chi connectivity index (χ4v) is 6.73. The van der Waals surface area contributed by atoms with Crippen LogP contribution in [0.3, 0.4) is 0 Å².